The minimum absolute atomic E-state index is 0.137. The molecular formula is C15H21Cl2NO4. The molecule has 0 atom stereocenters. The summed E-state index contributed by atoms with van der Waals surface area (Å²) in [7, 11) is 0. The van der Waals surface area contributed by atoms with Gasteiger partial charge in [0.1, 0.15) is 0 Å². The van der Waals surface area contributed by atoms with E-state index >= 15 is 0 Å². The van der Waals surface area contributed by atoms with E-state index in [0.717, 1.165) is 25.7 Å². The van der Waals surface area contributed by atoms with Gasteiger partial charge in [0.25, 0.3) is 5.69 Å². The number of unbranched alkanes of at least 4 members (excludes halogenated alkanes) is 2. The lowest BCUT2D eigenvalue weighted by atomic mass is 10.1. The van der Waals surface area contributed by atoms with Crippen molar-refractivity contribution in [3.63, 3.8) is 0 Å². The Morgan fingerprint density at radius 1 is 1.09 bits per heavy atom. The number of benzene rings is 1. The Morgan fingerprint density at radius 3 is 2.05 bits per heavy atom. The second-order valence-corrected chi connectivity index (χ2v) is 5.68. The van der Waals surface area contributed by atoms with Crippen molar-refractivity contribution in [2.24, 2.45) is 0 Å². The zero-order valence-electron chi connectivity index (χ0n) is 12.8. The number of ether oxygens (including phenoxy) is 2. The van der Waals surface area contributed by atoms with Crippen LogP contribution < -0.4 is 0 Å². The standard InChI is InChI=1S/C15H21Cl2NO4/c1-3-5-7-21-15(22-8-6-4-2)11-9-12(16)13(17)10-14(11)18(19)20/h9-10,15H,3-8H2,1-2H3. The molecule has 0 amide bonds. The summed E-state index contributed by atoms with van der Waals surface area (Å²) in [6.07, 6.45) is 2.82. The Hall–Kier alpha value is -0.880. The van der Waals surface area contributed by atoms with Crippen molar-refractivity contribution in [3.05, 3.63) is 37.9 Å². The first-order valence-corrected chi connectivity index (χ1v) is 8.13. The summed E-state index contributed by atoms with van der Waals surface area (Å²) in [6, 6.07) is 2.68. The van der Waals surface area contributed by atoms with Crippen molar-refractivity contribution in [2.75, 3.05) is 13.2 Å². The van der Waals surface area contributed by atoms with Crippen LogP contribution in [0.4, 0.5) is 5.69 Å². The first kappa shape index (κ1) is 19.2. The molecule has 0 aliphatic heterocycles. The monoisotopic (exact) mass is 349 g/mol. The molecule has 0 heterocycles. The van der Waals surface area contributed by atoms with Gasteiger partial charge in [-0.3, -0.25) is 10.1 Å². The summed E-state index contributed by atoms with van der Waals surface area (Å²) in [6.45, 7) is 5.01. The maximum absolute atomic E-state index is 11.2. The van der Waals surface area contributed by atoms with Crippen molar-refractivity contribution in [2.45, 2.75) is 45.8 Å². The summed E-state index contributed by atoms with van der Waals surface area (Å²) >= 11 is 11.9. The Balaban J connectivity index is 3.04. The van der Waals surface area contributed by atoms with Crippen molar-refractivity contribution >= 4 is 28.9 Å². The van der Waals surface area contributed by atoms with Gasteiger partial charge in [0.05, 0.1) is 33.7 Å². The Kier molecular flexibility index (Phi) is 8.71. The van der Waals surface area contributed by atoms with E-state index in [1.54, 1.807) is 0 Å². The molecule has 0 radical (unpaired) electrons. The molecule has 1 aromatic carbocycles. The predicted octanol–water partition coefficient (Wildman–Crippen LogP) is 5.53. The van der Waals surface area contributed by atoms with Crippen molar-refractivity contribution in [1.29, 1.82) is 0 Å². The van der Waals surface area contributed by atoms with Crippen LogP contribution in [0.5, 0.6) is 0 Å². The number of nitro groups is 1. The summed E-state index contributed by atoms with van der Waals surface area (Å²) in [5, 5.41) is 11.6. The molecule has 0 aliphatic carbocycles. The summed E-state index contributed by atoms with van der Waals surface area (Å²) in [5.41, 5.74) is 0.152. The van der Waals surface area contributed by atoms with E-state index in [4.69, 9.17) is 32.7 Å². The Labute approximate surface area is 140 Å². The third-order valence-corrected chi connectivity index (χ3v) is 3.78. The molecule has 0 aliphatic rings. The van der Waals surface area contributed by atoms with Gasteiger partial charge in [0.15, 0.2) is 6.29 Å². The SMILES string of the molecule is CCCCOC(OCCCC)c1cc(Cl)c(Cl)cc1[N+](=O)[O-]. The largest absolute Gasteiger partial charge is 0.348 e. The number of nitro benzene ring substituents is 1. The van der Waals surface area contributed by atoms with E-state index < -0.39 is 11.2 Å². The molecule has 0 fully saturated rings. The first-order chi connectivity index (χ1) is 10.5. The van der Waals surface area contributed by atoms with Gasteiger partial charge in [-0.25, -0.2) is 0 Å². The van der Waals surface area contributed by atoms with Gasteiger partial charge in [-0.15, -0.1) is 0 Å². The fourth-order valence-electron chi connectivity index (χ4n) is 1.80. The average Bonchev–Trinajstić information content (AvgIpc) is 2.48. The van der Waals surface area contributed by atoms with Crippen LogP contribution in [0, 0.1) is 10.1 Å². The van der Waals surface area contributed by atoms with Crippen LogP contribution >= 0.6 is 23.2 Å². The number of hydrogen-bond acceptors (Lipinski definition) is 4. The molecule has 7 heteroatoms. The van der Waals surface area contributed by atoms with E-state index in [9.17, 15) is 10.1 Å². The van der Waals surface area contributed by atoms with Crippen LogP contribution in [0.2, 0.25) is 10.0 Å². The minimum atomic E-state index is -0.812. The Morgan fingerprint density at radius 2 is 1.59 bits per heavy atom. The number of nitrogens with zero attached hydrogens (tertiary/aromatic N) is 1. The number of halogens is 2. The molecule has 0 N–H and O–H groups in total. The lowest BCUT2D eigenvalue weighted by Gasteiger charge is -2.19. The molecule has 0 saturated carbocycles. The number of hydrogen-bond donors (Lipinski definition) is 0. The fourth-order valence-corrected chi connectivity index (χ4v) is 2.13. The van der Waals surface area contributed by atoms with Crippen molar-refractivity contribution < 1.29 is 14.4 Å². The van der Waals surface area contributed by atoms with Crippen molar-refractivity contribution in [1.82, 2.24) is 0 Å². The lowest BCUT2D eigenvalue weighted by Crippen LogP contribution is -2.13. The molecule has 5 nitrogen and oxygen atoms in total. The van der Waals surface area contributed by atoms with Gasteiger partial charge in [0.2, 0.25) is 0 Å². The Bertz CT molecular complexity index is 487. The molecule has 0 aromatic heterocycles. The van der Waals surface area contributed by atoms with E-state index in [-0.39, 0.29) is 15.7 Å². The highest BCUT2D eigenvalue weighted by molar-refractivity contribution is 6.42. The molecule has 0 saturated heterocycles. The molecule has 0 bridgehead atoms. The normalized spacial score (nSPS) is 11.1. The van der Waals surface area contributed by atoms with Crippen LogP contribution in [0.1, 0.15) is 51.4 Å². The van der Waals surface area contributed by atoms with Gasteiger partial charge >= 0.3 is 0 Å². The minimum Gasteiger partial charge on any atom is -0.348 e. The summed E-state index contributed by atoms with van der Waals surface area (Å²) in [5.74, 6) is 0. The quantitative estimate of drug-likeness (QED) is 0.241. The summed E-state index contributed by atoms with van der Waals surface area (Å²) in [4.78, 5) is 10.7. The zero-order valence-corrected chi connectivity index (χ0v) is 14.3. The highest BCUT2D eigenvalue weighted by atomic mass is 35.5. The smallest absolute Gasteiger partial charge is 0.279 e. The second-order valence-electron chi connectivity index (χ2n) is 4.86. The summed E-state index contributed by atoms with van der Waals surface area (Å²) < 4.78 is 11.3. The van der Waals surface area contributed by atoms with Gasteiger partial charge in [-0.05, 0) is 18.9 Å². The van der Waals surface area contributed by atoms with E-state index in [2.05, 4.69) is 0 Å². The van der Waals surface area contributed by atoms with Crippen LogP contribution in [0.3, 0.4) is 0 Å². The zero-order chi connectivity index (χ0) is 16.5. The van der Waals surface area contributed by atoms with E-state index in [1.807, 2.05) is 13.8 Å². The topological polar surface area (TPSA) is 61.6 Å². The molecule has 124 valence electrons. The highest BCUT2D eigenvalue weighted by Crippen LogP contribution is 2.36. The van der Waals surface area contributed by atoms with Crippen LogP contribution in [0.15, 0.2) is 12.1 Å². The molecule has 1 rings (SSSR count). The molecule has 0 unspecified atom stereocenters. The van der Waals surface area contributed by atoms with Crippen molar-refractivity contribution in [3.8, 4) is 0 Å². The van der Waals surface area contributed by atoms with Crippen LogP contribution in [0.25, 0.3) is 0 Å². The molecule has 1 aromatic rings. The highest BCUT2D eigenvalue weighted by Gasteiger charge is 2.25. The molecular weight excluding hydrogens is 329 g/mol. The lowest BCUT2D eigenvalue weighted by molar-refractivity contribution is -0.387. The fraction of sp³-hybridized carbons (Fsp3) is 0.600. The van der Waals surface area contributed by atoms with E-state index in [0.29, 0.717) is 18.8 Å². The third kappa shape index (κ3) is 5.72. The number of rotatable bonds is 10. The average molecular weight is 350 g/mol. The van der Waals surface area contributed by atoms with E-state index in [1.165, 1.54) is 12.1 Å². The molecule has 22 heavy (non-hydrogen) atoms. The second kappa shape index (κ2) is 10.0. The van der Waals surface area contributed by atoms with Gasteiger partial charge in [-0.1, -0.05) is 49.9 Å². The predicted molar refractivity (Wildman–Crippen MR) is 87.6 cm³/mol. The van der Waals surface area contributed by atoms with Gasteiger partial charge in [-0.2, -0.15) is 0 Å². The van der Waals surface area contributed by atoms with Crippen LogP contribution in [-0.4, -0.2) is 18.1 Å². The maximum Gasteiger partial charge on any atom is 0.279 e. The van der Waals surface area contributed by atoms with Gasteiger partial charge in [0, 0.05) is 6.07 Å². The van der Waals surface area contributed by atoms with Crippen LogP contribution in [-0.2, 0) is 9.47 Å². The third-order valence-electron chi connectivity index (χ3n) is 3.05. The molecule has 0 spiro atoms. The first-order valence-electron chi connectivity index (χ1n) is 7.37. The van der Waals surface area contributed by atoms with Gasteiger partial charge < -0.3 is 9.47 Å². The maximum atomic E-state index is 11.2.